The first kappa shape index (κ1) is 10.3. The molecule has 0 bridgehead atoms. The molecule has 0 aliphatic rings. The van der Waals surface area contributed by atoms with E-state index < -0.39 is 0 Å². The van der Waals surface area contributed by atoms with E-state index in [9.17, 15) is 0 Å². The van der Waals surface area contributed by atoms with Crippen molar-refractivity contribution < 1.29 is 0 Å². The van der Waals surface area contributed by atoms with E-state index in [4.69, 9.17) is 0 Å². The molecule has 0 amide bonds. The zero-order valence-corrected chi connectivity index (χ0v) is 9.28. The summed E-state index contributed by atoms with van der Waals surface area (Å²) in [5.41, 5.74) is 4.14. The molecule has 1 heterocycles. The number of aromatic nitrogens is 1. The van der Waals surface area contributed by atoms with Crippen molar-refractivity contribution in [3.8, 4) is 0 Å². The lowest BCUT2D eigenvalue weighted by Crippen LogP contribution is -2.38. The number of nitrogens with one attached hydrogen (secondary N) is 2. The van der Waals surface area contributed by atoms with Gasteiger partial charge in [-0.15, -0.1) is 0 Å². The minimum atomic E-state index is 0.180. The summed E-state index contributed by atoms with van der Waals surface area (Å²) in [6.45, 7) is 8.67. The highest BCUT2D eigenvalue weighted by molar-refractivity contribution is 5.26. The van der Waals surface area contributed by atoms with E-state index in [1.165, 1.54) is 17.0 Å². The fraction of sp³-hybridized carbons (Fsp3) is 0.636. The highest BCUT2D eigenvalue weighted by atomic mass is 14.9. The van der Waals surface area contributed by atoms with E-state index in [2.05, 4.69) is 44.1 Å². The van der Waals surface area contributed by atoms with Crippen molar-refractivity contribution in [2.75, 3.05) is 7.05 Å². The molecule has 0 fully saturated rings. The molecular weight excluding hydrogens is 160 g/mol. The van der Waals surface area contributed by atoms with E-state index in [-0.39, 0.29) is 5.54 Å². The van der Waals surface area contributed by atoms with Gasteiger partial charge in [-0.1, -0.05) is 0 Å². The SMILES string of the molecule is CNC(C)(C)Cc1cc(C)[nH]c1C. The second-order valence-electron chi connectivity index (χ2n) is 4.41. The number of rotatable bonds is 3. The van der Waals surface area contributed by atoms with E-state index in [1.54, 1.807) is 0 Å². The number of likely N-dealkylation sites (N-methyl/N-ethyl adjacent to an activating group) is 1. The second-order valence-corrected chi connectivity index (χ2v) is 4.41. The summed E-state index contributed by atoms with van der Waals surface area (Å²) in [4.78, 5) is 3.33. The smallest absolute Gasteiger partial charge is 0.0163 e. The predicted molar refractivity (Wildman–Crippen MR) is 57.1 cm³/mol. The fourth-order valence-corrected chi connectivity index (χ4v) is 1.53. The number of aromatic amines is 1. The molecule has 0 radical (unpaired) electrons. The summed E-state index contributed by atoms with van der Waals surface area (Å²) < 4.78 is 0. The Balaban J connectivity index is 2.79. The molecule has 0 saturated carbocycles. The molecular formula is C11H20N2. The van der Waals surface area contributed by atoms with Gasteiger partial charge >= 0.3 is 0 Å². The Hall–Kier alpha value is -0.760. The molecule has 0 spiro atoms. The van der Waals surface area contributed by atoms with Gasteiger partial charge in [0.15, 0.2) is 0 Å². The molecule has 0 aliphatic carbocycles. The molecule has 0 unspecified atom stereocenters. The fourth-order valence-electron chi connectivity index (χ4n) is 1.53. The first-order valence-electron chi connectivity index (χ1n) is 4.78. The van der Waals surface area contributed by atoms with E-state index in [0.29, 0.717) is 0 Å². The van der Waals surface area contributed by atoms with Crippen LogP contribution in [-0.4, -0.2) is 17.6 Å². The molecule has 2 N–H and O–H groups in total. The average Bonchev–Trinajstić information content (AvgIpc) is 2.30. The summed E-state index contributed by atoms with van der Waals surface area (Å²) in [7, 11) is 2.01. The summed E-state index contributed by atoms with van der Waals surface area (Å²) in [6.07, 6.45) is 1.07. The lowest BCUT2D eigenvalue weighted by molar-refractivity contribution is 0.421. The van der Waals surface area contributed by atoms with Crippen molar-refractivity contribution >= 4 is 0 Å². The van der Waals surface area contributed by atoms with Crippen LogP contribution < -0.4 is 5.32 Å². The van der Waals surface area contributed by atoms with Crippen LogP contribution in [0.2, 0.25) is 0 Å². The molecule has 0 aliphatic heterocycles. The highest BCUT2D eigenvalue weighted by Crippen LogP contribution is 2.16. The Kier molecular flexibility index (Phi) is 2.81. The third-order valence-corrected chi connectivity index (χ3v) is 2.57. The van der Waals surface area contributed by atoms with Crippen molar-refractivity contribution in [1.29, 1.82) is 0 Å². The molecule has 13 heavy (non-hydrogen) atoms. The normalized spacial score (nSPS) is 12.1. The number of hydrogen-bond donors (Lipinski definition) is 2. The zero-order valence-electron chi connectivity index (χ0n) is 9.28. The monoisotopic (exact) mass is 180 g/mol. The largest absolute Gasteiger partial charge is 0.362 e. The topological polar surface area (TPSA) is 27.8 Å². The molecule has 0 aromatic carbocycles. The molecule has 74 valence electrons. The Morgan fingerprint density at radius 1 is 1.38 bits per heavy atom. The first-order valence-corrected chi connectivity index (χ1v) is 4.78. The Morgan fingerprint density at radius 3 is 2.38 bits per heavy atom. The van der Waals surface area contributed by atoms with Gasteiger partial charge in [-0.3, -0.25) is 0 Å². The van der Waals surface area contributed by atoms with Gasteiger partial charge in [-0.25, -0.2) is 0 Å². The van der Waals surface area contributed by atoms with Gasteiger partial charge in [0.25, 0.3) is 0 Å². The Labute approximate surface area is 80.7 Å². The number of hydrogen-bond acceptors (Lipinski definition) is 1. The van der Waals surface area contributed by atoms with Crippen molar-refractivity contribution in [3.05, 3.63) is 23.0 Å². The van der Waals surface area contributed by atoms with Crippen molar-refractivity contribution in [2.24, 2.45) is 0 Å². The molecule has 2 nitrogen and oxygen atoms in total. The van der Waals surface area contributed by atoms with Crippen molar-refractivity contribution in [3.63, 3.8) is 0 Å². The van der Waals surface area contributed by atoms with Gasteiger partial charge in [-0.05, 0) is 52.8 Å². The van der Waals surface area contributed by atoms with E-state index >= 15 is 0 Å². The quantitative estimate of drug-likeness (QED) is 0.733. The standard InChI is InChI=1S/C11H20N2/c1-8-6-10(9(2)13-8)7-11(3,4)12-5/h6,12-13H,7H2,1-5H3. The maximum Gasteiger partial charge on any atom is 0.0163 e. The van der Waals surface area contributed by atoms with Crippen LogP contribution in [0.15, 0.2) is 6.07 Å². The molecule has 2 heteroatoms. The van der Waals surface area contributed by atoms with Gasteiger partial charge in [0.1, 0.15) is 0 Å². The van der Waals surface area contributed by atoms with Gasteiger partial charge in [0.05, 0.1) is 0 Å². The minimum Gasteiger partial charge on any atom is -0.362 e. The van der Waals surface area contributed by atoms with Crippen molar-refractivity contribution in [2.45, 2.75) is 39.7 Å². The maximum atomic E-state index is 3.33. The third-order valence-electron chi connectivity index (χ3n) is 2.57. The molecule has 1 rings (SSSR count). The average molecular weight is 180 g/mol. The minimum absolute atomic E-state index is 0.180. The Morgan fingerprint density at radius 2 is 2.00 bits per heavy atom. The highest BCUT2D eigenvalue weighted by Gasteiger charge is 2.17. The molecule has 1 aromatic rings. The number of H-pyrrole nitrogens is 1. The zero-order chi connectivity index (χ0) is 10.1. The Bertz CT molecular complexity index is 284. The van der Waals surface area contributed by atoms with Crippen LogP contribution in [0.3, 0.4) is 0 Å². The van der Waals surface area contributed by atoms with E-state index in [0.717, 1.165) is 6.42 Å². The van der Waals surface area contributed by atoms with Crippen LogP contribution >= 0.6 is 0 Å². The summed E-state index contributed by atoms with van der Waals surface area (Å²) >= 11 is 0. The van der Waals surface area contributed by atoms with Gasteiger partial charge in [0, 0.05) is 16.9 Å². The summed E-state index contributed by atoms with van der Waals surface area (Å²) in [5.74, 6) is 0. The van der Waals surface area contributed by atoms with Crippen LogP contribution in [0.5, 0.6) is 0 Å². The first-order chi connectivity index (χ1) is 5.94. The number of aryl methyl sites for hydroxylation is 2. The van der Waals surface area contributed by atoms with Crippen molar-refractivity contribution in [1.82, 2.24) is 10.3 Å². The van der Waals surface area contributed by atoms with Gasteiger partial charge in [0.2, 0.25) is 0 Å². The third kappa shape index (κ3) is 2.59. The lowest BCUT2D eigenvalue weighted by atomic mass is 9.95. The summed E-state index contributed by atoms with van der Waals surface area (Å²) in [6, 6.07) is 2.23. The molecule has 0 saturated heterocycles. The van der Waals surface area contributed by atoms with Gasteiger partial charge in [-0.2, -0.15) is 0 Å². The van der Waals surface area contributed by atoms with E-state index in [1.807, 2.05) is 7.05 Å². The second kappa shape index (κ2) is 3.54. The van der Waals surface area contributed by atoms with Crippen LogP contribution in [0.4, 0.5) is 0 Å². The van der Waals surface area contributed by atoms with Crippen LogP contribution in [-0.2, 0) is 6.42 Å². The molecule has 1 aromatic heterocycles. The maximum absolute atomic E-state index is 3.33. The summed E-state index contributed by atoms with van der Waals surface area (Å²) in [5, 5.41) is 3.31. The molecule has 0 atom stereocenters. The van der Waals surface area contributed by atoms with Crippen LogP contribution in [0.25, 0.3) is 0 Å². The predicted octanol–water partition coefficient (Wildman–Crippen LogP) is 2.17. The van der Waals surface area contributed by atoms with Crippen LogP contribution in [0, 0.1) is 13.8 Å². The van der Waals surface area contributed by atoms with Gasteiger partial charge < -0.3 is 10.3 Å². The van der Waals surface area contributed by atoms with Crippen LogP contribution in [0.1, 0.15) is 30.8 Å². The lowest BCUT2D eigenvalue weighted by Gasteiger charge is -2.23.